The Labute approximate surface area is 665 Å². The summed E-state index contributed by atoms with van der Waals surface area (Å²) in [6.45, 7) is 27.0. The highest BCUT2D eigenvalue weighted by atomic mass is 15.2. The average molecular weight is 1440 g/mol. The highest BCUT2D eigenvalue weighted by molar-refractivity contribution is 7.00. The lowest BCUT2D eigenvalue weighted by atomic mass is 9.33. The zero-order valence-corrected chi connectivity index (χ0v) is 65.0. The number of para-hydroxylation sites is 4. The van der Waals surface area contributed by atoms with E-state index in [0.29, 0.717) is 5.69 Å². The third-order valence-corrected chi connectivity index (χ3v) is 23.1. The molecule has 2 aromatic heterocycles. The summed E-state index contributed by atoms with van der Waals surface area (Å²) in [6, 6.07) is 101. The van der Waals surface area contributed by atoms with E-state index in [-0.39, 0.29) is 55.6 Å². The van der Waals surface area contributed by atoms with Crippen molar-refractivity contribution in [3.05, 3.63) is 356 Å². The summed E-state index contributed by atoms with van der Waals surface area (Å²) in [7, 11) is 0. The molecule has 15 aromatic carbocycles. The molecule has 0 saturated carbocycles. The third kappa shape index (κ3) is 11.6. The number of anilines is 6. The van der Waals surface area contributed by atoms with E-state index in [2.05, 4.69) is 377 Å². The lowest BCUT2D eigenvalue weighted by Crippen LogP contribution is -2.61. The van der Waals surface area contributed by atoms with Crippen molar-refractivity contribution < 1.29 is 11.0 Å². The van der Waals surface area contributed by atoms with Gasteiger partial charge in [0.25, 0.3) is 6.71 Å². The van der Waals surface area contributed by atoms with Gasteiger partial charge in [-0.2, -0.15) is 0 Å². The van der Waals surface area contributed by atoms with Crippen molar-refractivity contribution in [3.63, 3.8) is 0 Å². The van der Waals surface area contributed by atoms with E-state index in [0.717, 1.165) is 150 Å². The fourth-order valence-corrected chi connectivity index (χ4v) is 17.4. The summed E-state index contributed by atoms with van der Waals surface area (Å²) >= 11 is 0. The molecule has 19 rings (SSSR count). The summed E-state index contributed by atoms with van der Waals surface area (Å²) in [4.78, 5) is 5.12. The van der Waals surface area contributed by atoms with Crippen LogP contribution in [0.15, 0.2) is 333 Å². The minimum Gasteiger partial charge on any atom is -0.310 e. The molecule has 111 heavy (non-hydrogen) atoms. The van der Waals surface area contributed by atoms with Gasteiger partial charge in [0.05, 0.1) is 44.4 Å². The Hall–Kier alpha value is -12.4. The second-order valence-corrected chi connectivity index (χ2v) is 34.3. The Morgan fingerprint density at radius 3 is 1.12 bits per heavy atom. The molecule has 0 atom stereocenters. The monoisotopic (exact) mass is 1440 g/mol. The minimum absolute atomic E-state index is 0.00513. The molecule has 0 spiro atoms. The molecule has 0 N–H and O–H groups in total. The SMILES string of the molecule is [2H]c1c([2H])c([2H])c2c(c1[2H])c1c([2H])c([2H])c([2H])c([2H])c1n2-c1ccc2c(c1)N(c1c(-c3ccccc3)cc(C(C)(C)C)cc1-c1ccccc1)c1cc(-c3cccc4c3c3ccccc3n4-c3ccccc3)cc3c1B2c1ccc(-c2cc(C(C)(C)C)cc(C(C)(C)C)c2)cc1N3c1c(-c2ccccc2)cc(C(C)(C)C)cc1-c1ccccc1. The average Bonchev–Trinajstić information content (AvgIpc) is 1.40. The van der Waals surface area contributed by atoms with Gasteiger partial charge >= 0.3 is 0 Å². The number of hydrogen-bond acceptors (Lipinski definition) is 2. The number of nitrogens with zero attached hydrogens (tertiary/aromatic N) is 4. The van der Waals surface area contributed by atoms with Gasteiger partial charge in [-0.3, -0.25) is 0 Å². The molecule has 2 aliphatic rings. The highest BCUT2D eigenvalue weighted by Crippen LogP contribution is 2.57. The Kier molecular flexibility index (Phi) is 14.2. The van der Waals surface area contributed by atoms with Crippen LogP contribution in [-0.2, 0) is 21.7 Å². The van der Waals surface area contributed by atoms with Crippen molar-refractivity contribution >= 4 is 101 Å². The maximum atomic E-state index is 10.0. The predicted molar refractivity (Wildman–Crippen MR) is 477 cm³/mol. The van der Waals surface area contributed by atoms with Crippen LogP contribution in [0.5, 0.6) is 0 Å². The van der Waals surface area contributed by atoms with Crippen molar-refractivity contribution in [3.8, 4) is 78.1 Å². The number of rotatable bonds is 10. The molecule has 5 heteroatoms. The minimum atomic E-state index is -0.548. The molecule has 0 fully saturated rings. The first-order valence-electron chi connectivity index (χ1n) is 42.8. The summed E-state index contributed by atoms with van der Waals surface area (Å²) in [5.41, 5.74) is 28.0. The fourth-order valence-electron chi connectivity index (χ4n) is 17.4. The Bertz CT molecular complexity index is 6820. The summed E-state index contributed by atoms with van der Waals surface area (Å²) in [6.07, 6.45) is 0. The summed E-state index contributed by atoms with van der Waals surface area (Å²) < 4.78 is 80.7. The Morgan fingerprint density at radius 1 is 0.261 bits per heavy atom. The van der Waals surface area contributed by atoms with Crippen LogP contribution in [0.4, 0.5) is 34.1 Å². The summed E-state index contributed by atoms with van der Waals surface area (Å²) in [5, 5.41) is 2.18. The van der Waals surface area contributed by atoms with E-state index in [9.17, 15) is 11.0 Å². The molecule has 0 radical (unpaired) electrons. The Morgan fingerprint density at radius 2 is 0.649 bits per heavy atom. The van der Waals surface area contributed by atoms with Crippen molar-refractivity contribution in [1.82, 2.24) is 9.13 Å². The molecule has 0 saturated heterocycles. The van der Waals surface area contributed by atoms with Gasteiger partial charge in [-0.05, 0) is 196 Å². The number of aromatic nitrogens is 2. The van der Waals surface area contributed by atoms with Gasteiger partial charge in [0.2, 0.25) is 0 Å². The van der Waals surface area contributed by atoms with Crippen LogP contribution in [0.1, 0.15) is 116 Å². The lowest BCUT2D eigenvalue weighted by molar-refractivity contribution is 0.569. The van der Waals surface area contributed by atoms with Crippen molar-refractivity contribution in [2.45, 2.75) is 105 Å². The molecule has 17 aromatic rings. The maximum Gasteiger partial charge on any atom is 0.252 e. The van der Waals surface area contributed by atoms with E-state index in [1.165, 1.54) is 16.7 Å². The first kappa shape index (κ1) is 60.5. The van der Waals surface area contributed by atoms with Gasteiger partial charge in [0.15, 0.2) is 0 Å². The molecule has 538 valence electrons. The van der Waals surface area contributed by atoms with E-state index in [4.69, 9.17) is 0 Å². The van der Waals surface area contributed by atoms with Crippen molar-refractivity contribution in [1.29, 1.82) is 0 Å². The molecule has 4 heterocycles. The molecule has 0 aliphatic carbocycles. The normalized spacial score (nSPS) is 14.0. The smallest absolute Gasteiger partial charge is 0.252 e. The second-order valence-electron chi connectivity index (χ2n) is 34.3. The van der Waals surface area contributed by atoms with Gasteiger partial charge in [-0.1, -0.05) is 326 Å². The van der Waals surface area contributed by atoms with Crippen LogP contribution < -0.4 is 26.2 Å². The van der Waals surface area contributed by atoms with Crippen LogP contribution in [0.25, 0.3) is 122 Å². The van der Waals surface area contributed by atoms with E-state index >= 15 is 0 Å². The number of benzene rings is 15. The number of fused-ring (bicyclic) bond motifs is 10. The van der Waals surface area contributed by atoms with Gasteiger partial charge in [-0.15, -0.1) is 0 Å². The largest absolute Gasteiger partial charge is 0.310 e. The van der Waals surface area contributed by atoms with Gasteiger partial charge in [0, 0.05) is 77.9 Å². The van der Waals surface area contributed by atoms with Crippen LogP contribution >= 0.6 is 0 Å². The third-order valence-electron chi connectivity index (χ3n) is 23.1. The highest BCUT2D eigenvalue weighted by Gasteiger charge is 2.47. The van der Waals surface area contributed by atoms with Crippen LogP contribution in [0.3, 0.4) is 0 Å². The topological polar surface area (TPSA) is 16.3 Å². The predicted octanol–water partition coefficient (Wildman–Crippen LogP) is 27.2. The molecular formula is C106H91BN4. The van der Waals surface area contributed by atoms with Crippen LogP contribution in [0, 0.1) is 0 Å². The van der Waals surface area contributed by atoms with E-state index < -0.39 is 43.0 Å². The van der Waals surface area contributed by atoms with Crippen molar-refractivity contribution in [2.75, 3.05) is 9.80 Å². The maximum absolute atomic E-state index is 10.0. The van der Waals surface area contributed by atoms with Crippen LogP contribution in [0.2, 0.25) is 0 Å². The zero-order chi connectivity index (χ0) is 82.9. The van der Waals surface area contributed by atoms with Crippen LogP contribution in [-0.4, -0.2) is 15.8 Å². The quantitative estimate of drug-likeness (QED) is 0.127. The van der Waals surface area contributed by atoms with Gasteiger partial charge < -0.3 is 18.9 Å². The standard InChI is InChI=1S/C106H91BN4/c1-103(2,3)75-57-73(58-76(62-75)104(4,5)6)72-53-55-89-95(59-72)110(101-85(68-35-18-13-19-36-68)63-77(105(7,8)9)64-86(101)69-37-20-14-21-38-69)97-60-74(81-48-34-52-94-99(81)84-47-30-33-51-93(84)108(94)79-43-26-17-27-44-79)61-98-100(97)107(89)90-56-54-80(109-91-49-31-28-45-82(91)83-46-29-32-50-92(83)109)67-96(90)111(98)102-87(70-39-22-15-23-40-70)65-78(106(10,11)12)66-88(102)71-41-24-16-25-42-71/h13-67H,1-12H3/i28D,29D,31D,32D,45D,46D,49D,50D. The molecule has 0 unspecified atom stereocenters. The fraction of sp³-hybridized carbons (Fsp3) is 0.151. The number of hydrogen-bond donors (Lipinski definition) is 0. The molecule has 0 amide bonds. The van der Waals surface area contributed by atoms with E-state index in [1.807, 2.05) is 6.07 Å². The molecule has 4 nitrogen and oxygen atoms in total. The molecule has 2 aliphatic heterocycles. The first-order chi connectivity index (χ1) is 56.9. The lowest BCUT2D eigenvalue weighted by Gasteiger charge is -2.46. The first-order valence-corrected chi connectivity index (χ1v) is 38.8. The molecular weight excluding hydrogens is 1340 g/mol. The van der Waals surface area contributed by atoms with Crippen molar-refractivity contribution in [2.24, 2.45) is 0 Å². The van der Waals surface area contributed by atoms with Gasteiger partial charge in [0.1, 0.15) is 0 Å². The molecule has 0 bridgehead atoms. The zero-order valence-electron chi connectivity index (χ0n) is 73.0. The second kappa shape index (κ2) is 26.1. The van der Waals surface area contributed by atoms with Gasteiger partial charge in [-0.25, -0.2) is 0 Å². The Balaban J connectivity index is 1.06. The van der Waals surface area contributed by atoms with E-state index in [1.54, 1.807) is 4.57 Å². The summed E-state index contributed by atoms with van der Waals surface area (Å²) in [5.74, 6) is 0.